The maximum Gasteiger partial charge on any atom is 0.238 e. The number of amides is 1. The van der Waals surface area contributed by atoms with Gasteiger partial charge in [0, 0.05) is 11.1 Å². The third-order valence-electron chi connectivity index (χ3n) is 2.50. The van der Waals surface area contributed by atoms with E-state index in [1.807, 2.05) is 20.8 Å². The summed E-state index contributed by atoms with van der Waals surface area (Å²) < 4.78 is 5.67. The van der Waals surface area contributed by atoms with Gasteiger partial charge in [-0.2, -0.15) is 0 Å². The van der Waals surface area contributed by atoms with Crippen molar-refractivity contribution in [1.29, 1.82) is 0 Å². The van der Waals surface area contributed by atoms with Crippen LogP contribution in [0.4, 0.5) is 5.69 Å². The molecule has 5 heteroatoms. The summed E-state index contributed by atoms with van der Waals surface area (Å²) in [7, 11) is 0. The first-order valence-corrected chi connectivity index (χ1v) is 5.81. The maximum atomic E-state index is 11.2. The number of fused-ring (bicyclic) bond motifs is 1. The van der Waals surface area contributed by atoms with E-state index in [0.717, 1.165) is 5.52 Å². The van der Waals surface area contributed by atoms with Gasteiger partial charge in [0.15, 0.2) is 5.58 Å². The highest BCUT2D eigenvalue weighted by Crippen LogP contribution is 2.27. The largest absolute Gasteiger partial charge is 0.440 e. The molecule has 0 aliphatic rings. The van der Waals surface area contributed by atoms with Gasteiger partial charge in [-0.3, -0.25) is 4.79 Å². The van der Waals surface area contributed by atoms with Crippen molar-refractivity contribution in [1.82, 2.24) is 4.98 Å². The number of carbonyl (C=O) groups excluding carboxylic acids is 1. The van der Waals surface area contributed by atoms with Crippen LogP contribution in [-0.2, 0) is 10.2 Å². The Balaban J connectivity index is 2.37. The van der Waals surface area contributed by atoms with Crippen LogP contribution in [0.3, 0.4) is 0 Å². The summed E-state index contributed by atoms with van der Waals surface area (Å²) in [5.74, 6) is 0.452. The average Bonchev–Trinajstić information content (AvgIpc) is 2.71. The molecule has 0 aliphatic heterocycles. The Hall–Kier alpha value is -1.88. The number of hydrogen-bond acceptors (Lipinski definition) is 4. The molecule has 0 atom stereocenters. The van der Waals surface area contributed by atoms with Crippen molar-refractivity contribution in [2.45, 2.75) is 26.2 Å². The first-order chi connectivity index (χ1) is 8.40. The van der Waals surface area contributed by atoms with Crippen molar-refractivity contribution in [3.63, 3.8) is 0 Å². The molecule has 0 radical (unpaired) electrons. The fourth-order valence-corrected chi connectivity index (χ4v) is 1.54. The number of nitrogens with two attached hydrogens (primary N) is 1. The second kappa shape index (κ2) is 4.42. The van der Waals surface area contributed by atoms with Gasteiger partial charge in [-0.15, -0.1) is 0 Å². The van der Waals surface area contributed by atoms with Crippen LogP contribution in [-0.4, -0.2) is 17.4 Å². The van der Waals surface area contributed by atoms with Crippen LogP contribution >= 0.6 is 0 Å². The highest BCUT2D eigenvalue weighted by atomic mass is 16.3. The predicted molar refractivity (Wildman–Crippen MR) is 70.4 cm³/mol. The summed E-state index contributed by atoms with van der Waals surface area (Å²) in [5, 5.41) is 2.69. The van der Waals surface area contributed by atoms with Gasteiger partial charge in [-0.05, 0) is 18.2 Å². The number of rotatable bonds is 2. The SMILES string of the molecule is CC(C)(C)c1nc2cc(NC(=O)CN)ccc2o1. The van der Waals surface area contributed by atoms with Crippen molar-refractivity contribution in [3.8, 4) is 0 Å². The van der Waals surface area contributed by atoms with Gasteiger partial charge >= 0.3 is 0 Å². The molecule has 1 heterocycles. The average molecular weight is 247 g/mol. The van der Waals surface area contributed by atoms with Crippen LogP contribution in [0.1, 0.15) is 26.7 Å². The molecule has 3 N–H and O–H groups in total. The topological polar surface area (TPSA) is 81.2 Å². The molecule has 0 saturated carbocycles. The first-order valence-electron chi connectivity index (χ1n) is 5.81. The number of nitrogens with zero attached hydrogens (tertiary/aromatic N) is 1. The minimum atomic E-state index is -0.228. The summed E-state index contributed by atoms with van der Waals surface area (Å²) in [6, 6.07) is 5.35. The van der Waals surface area contributed by atoms with E-state index in [1.165, 1.54) is 0 Å². The highest BCUT2D eigenvalue weighted by Gasteiger charge is 2.20. The first kappa shape index (κ1) is 12.6. The summed E-state index contributed by atoms with van der Waals surface area (Å²) in [6.45, 7) is 6.07. The monoisotopic (exact) mass is 247 g/mol. The molecule has 1 aromatic heterocycles. The standard InChI is InChI=1S/C13H17N3O2/c1-13(2,3)12-16-9-6-8(15-11(17)7-14)4-5-10(9)18-12/h4-6H,7,14H2,1-3H3,(H,15,17). The van der Waals surface area contributed by atoms with E-state index in [1.54, 1.807) is 18.2 Å². The third kappa shape index (κ3) is 2.51. The lowest BCUT2D eigenvalue weighted by Gasteiger charge is -2.11. The lowest BCUT2D eigenvalue weighted by molar-refractivity contribution is -0.114. The predicted octanol–water partition coefficient (Wildman–Crippen LogP) is 2.02. The molecule has 0 spiro atoms. The molecule has 0 unspecified atom stereocenters. The number of aromatic nitrogens is 1. The van der Waals surface area contributed by atoms with Crippen molar-refractivity contribution in [3.05, 3.63) is 24.1 Å². The number of anilines is 1. The second-order valence-electron chi connectivity index (χ2n) is 5.20. The Kier molecular flexibility index (Phi) is 3.09. The van der Waals surface area contributed by atoms with E-state index < -0.39 is 0 Å². The molecule has 5 nitrogen and oxygen atoms in total. The van der Waals surface area contributed by atoms with Gasteiger partial charge in [0.25, 0.3) is 0 Å². The summed E-state index contributed by atoms with van der Waals surface area (Å²) in [5.41, 5.74) is 7.23. The van der Waals surface area contributed by atoms with E-state index >= 15 is 0 Å². The van der Waals surface area contributed by atoms with Gasteiger partial charge in [-0.1, -0.05) is 20.8 Å². The molecule has 2 aromatic rings. The summed E-state index contributed by atoms with van der Waals surface area (Å²) in [6.07, 6.45) is 0. The molecular formula is C13H17N3O2. The van der Waals surface area contributed by atoms with E-state index in [9.17, 15) is 4.79 Å². The van der Waals surface area contributed by atoms with Gasteiger partial charge in [0.1, 0.15) is 5.52 Å². The molecule has 2 rings (SSSR count). The zero-order valence-corrected chi connectivity index (χ0v) is 10.8. The van der Waals surface area contributed by atoms with Gasteiger partial charge in [-0.25, -0.2) is 4.98 Å². The van der Waals surface area contributed by atoms with Crippen molar-refractivity contribution >= 4 is 22.7 Å². The minimum Gasteiger partial charge on any atom is -0.440 e. The molecule has 1 aromatic carbocycles. The Morgan fingerprint density at radius 3 is 2.78 bits per heavy atom. The fraction of sp³-hybridized carbons (Fsp3) is 0.385. The quantitative estimate of drug-likeness (QED) is 0.850. The Morgan fingerprint density at radius 2 is 2.17 bits per heavy atom. The zero-order chi connectivity index (χ0) is 13.3. The van der Waals surface area contributed by atoms with Crippen LogP contribution < -0.4 is 11.1 Å². The molecule has 0 bridgehead atoms. The van der Waals surface area contributed by atoms with E-state index in [0.29, 0.717) is 17.2 Å². The number of nitrogens with one attached hydrogen (secondary N) is 1. The van der Waals surface area contributed by atoms with Crippen molar-refractivity contribution < 1.29 is 9.21 Å². The molecule has 0 saturated heterocycles. The van der Waals surface area contributed by atoms with Crippen LogP contribution in [0.25, 0.3) is 11.1 Å². The third-order valence-corrected chi connectivity index (χ3v) is 2.50. The van der Waals surface area contributed by atoms with Gasteiger partial charge in [0.05, 0.1) is 6.54 Å². The molecule has 96 valence electrons. The van der Waals surface area contributed by atoms with Crippen LogP contribution in [0.2, 0.25) is 0 Å². The minimum absolute atomic E-state index is 0.0376. The summed E-state index contributed by atoms with van der Waals surface area (Å²) >= 11 is 0. The molecule has 18 heavy (non-hydrogen) atoms. The Bertz CT molecular complexity index is 581. The second-order valence-corrected chi connectivity index (χ2v) is 5.20. The van der Waals surface area contributed by atoms with E-state index in [2.05, 4.69) is 10.3 Å². The molecular weight excluding hydrogens is 230 g/mol. The zero-order valence-electron chi connectivity index (χ0n) is 10.8. The molecule has 1 amide bonds. The van der Waals surface area contributed by atoms with E-state index in [4.69, 9.17) is 10.2 Å². The number of oxazole rings is 1. The number of carbonyl (C=O) groups is 1. The van der Waals surface area contributed by atoms with E-state index in [-0.39, 0.29) is 17.9 Å². The molecule has 0 fully saturated rings. The number of benzene rings is 1. The van der Waals surface area contributed by atoms with Gasteiger partial charge in [0.2, 0.25) is 11.8 Å². The fourth-order valence-electron chi connectivity index (χ4n) is 1.54. The maximum absolute atomic E-state index is 11.2. The smallest absolute Gasteiger partial charge is 0.238 e. The summed E-state index contributed by atoms with van der Waals surface area (Å²) in [4.78, 5) is 15.6. The van der Waals surface area contributed by atoms with Crippen molar-refractivity contribution in [2.75, 3.05) is 11.9 Å². The van der Waals surface area contributed by atoms with Crippen LogP contribution in [0.15, 0.2) is 22.6 Å². The highest BCUT2D eigenvalue weighted by molar-refractivity contribution is 5.93. The van der Waals surface area contributed by atoms with Gasteiger partial charge < -0.3 is 15.5 Å². The Labute approximate surface area is 105 Å². The Morgan fingerprint density at radius 1 is 1.44 bits per heavy atom. The number of hydrogen-bond donors (Lipinski definition) is 2. The molecule has 0 aliphatic carbocycles. The van der Waals surface area contributed by atoms with Crippen LogP contribution in [0.5, 0.6) is 0 Å². The lowest BCUT2D eigenvalue weighted by Crippen LogP contribution is -2.21. The van der Waals surface area contributed by atoms with Crippen LogP contribution in [0, 0.1) is 0 Å². The lowest BCUT2D eigenvalue weighted by atomic mass is 9.97. The van der Waals surface area contributed by atoms with Crippen molar-refractivity contribution in [2.24, 2.45) is 5.73 Å². The normalized spacial score (nSPS) is 11.8.